The number of allylic oxidation sites excluding steroid dienone is 1. The highest BCUT2D eigenvalue weighted by Crippen LogP contribution is 2.06. The van der Waals surface area contributed by atoms with Crippen molar-refractivity contribution in [2.75, 3.05) is 13.1 Å². The van der Waals surface area contributed by atoms with E-state index in [9.17, 15) is 0 Å². The van der Waals surface area contributed by atoms with Crippen LogP contribution in [0.2, 0.25) is 0 Å². The van der Waals surface area contributed by atoms with Gasteiger partial charge >= 0.3 is 0 Å². The molecule has 0 aromatic heterocycles. The SMILES string of the molecule is CCC/C=C1/CCNC1. The minimum absolute atomic E-state index is 1.14. The van der Waals surface area contributed by atoms with Crippen LogP contribution in [0.5, 0.6) is 0 Å². The van der Waals surface area contributed by atoms with Crippen LogP contribution in [0.3, 0.4) is 0 Å². The summed E-state index contributed by atoms with van der Waals surface area (Å²) in [6.07, 6.45) is 6.19. The maximum absolute atomic E-state index is 3.31. The number of unbranched alkanes of at least 4 members (excludes halogenated alkanes) is 1. The highest BCUT2D eigenvalue weighted by Gasteiger charge is 2.02. The summed E-state index contributed by atoms with van der Waals surface area (Å²) in [6, 6.07) is 0. The molecule has 0 aromatic rings. The molecule has 0 unspecified atom stereocenters. The Morgan fingerprint density at radius 1 is 1.67 bits per heavy atom. The highest BCUT2D eigenvalue weighted by molar-refractivity contribution is 5.08. The van der Waals surface area contributed by atoms with E-state index in [4.69, 9.17) is 0 Å². The summed E-state index contributed by atoms with van der Waals surface area (Å²) in [5.41, 5.74) is 1.61. The van der Waals surface area contributed by atoms with Gasteiger partial charge in [-0.3, -0.25) is 0 Å². The van der Waals surface area contributed by atoms with Crippen LogP contribution in [-0.4, -0.2) is 13.1 Å². The standard InChI is InChI=1S/C8H15N/c1-2-3-4-8-5-6-9-7-8/h4,9H,2-3,5-7H2,1H3/b8-4-. The lowest BCUT2D eigenvalue weighted by Gasteiger charge is -1.91. The first-order valence-corrected chi connectivity index (χ1v) is 3.82. The van der Waals surface area contributed by atoms with E-state index >= 15 is 0 Å². The Balaban J connectivity index is 2.22. The minimum Gasteiger partial charge on any atom is -0.313 e. The molecule has 1 aliphatic rings. The summed E-state index contributed by atoms with van der Waals surface area (Å²) in [6.45, 7) is 4.55. The molecule has 1 N–H and O–H groups in total. The van der Waals surface area contributed by atoms with Gasteiger partial charge in [0, 0.05) is 6.54 Å². The molecule has 0 spiro atoms. The van der Waals surface area contributed by atoms with Gasteiger partial charge < -0.3 is 5.32 Å². The maximum atomic E-state index is 3.31. The molecular formula is C8H15N. The molecule has 0 atom stereocenters. The van der Waals surface area contributed by atoms with E-state index in [0.29, 0.717) is 0 Å². The summed E-state index contributed by atoms with van der Waals surface area (Å²) in [4.78, 5) is 0. The molecule has 1 aliphatic heterocycles. The third-order valence-electron chi connectivity index (χ3n) is 1.70. The van der Waals surface area contributed by atoms with E-state index in [1.165, 1.54) is 25.8 Å². The molecule has 0 radical (unpaired) electrons. The van der Waals surface area contributed by atoms with E-state index in [1.807, 2.05) is 0 Å². The van der Waals surface area contributed by atoms with Crippen molar-refractivity contribution in [3.05, 3.63) is 11.6 Å². The van der Waals surface area contributed by atoms with Crippen LogP contribution in [0, 0.1) is 0 Å². The van der Waals surface area contributed by atoms with Gasteiger partial charge in [-0.1, -0.05) is 25.0 Å². The van der Waals surface area contributed by atoms with Crippen molar-refractivity contribution in [1.29, 1.82) is 0 Å². The van der Waals surface area contributed by atoms with Gasteiger partial charge in [0.25, 0.3) is 0 Å². The van der Waals surface area contributed by atoms with E-state index in [-0.39, 0.29) is 0 Å². The average molecular weight is 125 g/mol. The van der Waals surface area contributed by atoms with Crippen molar-refractivity contribution in [1.82, 2.24) is 5.32 Å². The van der Waals surface area contributed by atoms with E-state index in [1.54, 1.807) is 5.57 Å². The second kappa shape index (κ2) is 3.67. The fourth-order valence-electron chi connectivity index (χ4n) is 1.11. The topological polar surface area (TPSA) is 12.0 Å². The van der Waals surface area contributed by atoms with Crippen molar-refractivity contribution in [2.45, 2.75) is 26.2 Å². The Morgan fingerprint density at radius 2 is 2.56 bits per heavy atom. The smallest absolute Gasteiger partial charge is 0.0165 e. The summed E-state index contributed by atoms with van der Waals surface area (Å²) < 4.78 is 0. The van der Waals surface area contributed by atoms with Crippen LogP contribution < -0.4 is 5.32 Å². The minimum atomic E-state index is 1.14. The van der Waals surface area contributed by atoms with Gasteiger partial charge in [-0.05, 0) is 19.4 Å². The van der Waals surface area contributed by atoms with Crippen molar-refractivity contribution in [3.63, 3.8) is 0 Å². The van der Waals surface area contributed by atoms with Crippen LogP contribution in [-0.2, 0) is 0 Å². The first-order valence-electron chi connectivity index (χ1n) is 3.82. The second-order valence-electron chi connectivity index (χ2n) is 2.58. The normalized spacial score (nSPS) is 23.4. The molecule has 0 amide bonds. The molecule has 9 heavy (non-hydrogen) atoms. The first-order chi connectivity index (χ1) is 4.43. The number of nitrogens with one attached hydrogen (secondary N) is 1. The van der Waals surface area contributed by atoms with Gasteiger partial charge in [-0.25, -0.2) is 0 Å². The Bertz CT molecular complexity index is 97.1. The van der Waals surface area contributed by atoms with Crippen molar-refractivity contribution in [2.24, 2.45) is 0 Å². The molecule has 0 saturated carbocycles. The van der Waals surface area contributed by atoms with Crippen molar-refractivity contribution >= 4 is 0 Å². The molecule has 1 heteroatoms. The van der Waals surface area contributed by atoms with Crippen LogP contribution in [0.25, 0.3) is 0 Å². The zero-order valence-electron chi connectivity index (χ0n) is 6.11. The predicted molar refractivity (Wildman–Crippen MR) is 40.5 cm³/mol. The third kappa shape index (κ3) is 2.19. The quantitative estimate of drug-likeness (QED) is 0.554. The third-order valence-corrected chi connectivity index (χ3v) is 1.70. The molecular weight excluding hydrogens is 110 g/mol. The van der Waals surface area contributed by atoms with Gasteiger partial charge in [-0.15, -0.1) is 0 Å². The molecule has 1 fully saturated rings. The van der Waals surface area contributed by atoms with Crippen LogP contribution >= 0.6 is 0 Å². The van der Waals surface area contributed by atoms with Crippen LogP contribution in [0.15, 0.2) is 11.6 Å². The Morgan fingerprint density at radius 3 is 3.11 bits per heavy atom. The first kappa shape index (κ1) is 6.81. The number of hydrogen-bond acceptors (Lipinski definition) is 1. The number of rotatable bonds is 2. The molecule has 52 valence electrons. The van der Waals surface area contributed by atoms with Gasteiger partial charge in [-0.2, -0.15) is 0 Å². The lowest BCUT2D eigenvalue weighted by atomic mass is 10.2. The average Bonchev–Trinajstić information content (AvgIpc) is 2.34. The fourth-order valence-corrected chi connectivity index (χ4v) is 1.11. The maximum Gasteiger partial charge on any atom is 0.0165 e. The van der Waals surface area contributed by atoms with E-state index in [2.05, 4.69) is 18.3 Å². The molecule has 1 saturated heterocycles. The van der Waals surface area contributed by atoms with Crippen LogP contribution in [0.1, 0.15) is 26.2 Å². The molecule has 0 aromatic carbocycles. The summed E-state index contributed by atoms with van der Waals surface area (Å²) in [7, 11) is 0. The molecule has 0 bridgehead atoms. The monoisotopic (exact) mass is 125 g/mol. The molecule has 1 nitrogen and oxygen atoms in total. The molecule has 1 rings (SSSR count). The lowest BCUT2D eigenvalue weighted by molar-refractivity contribution is 0.862. The Labute approximate surface area is 57.1 Å². The summed E-state index contributed by atoms with van der Waals surface area (Å²) >= 11 is 0. The Hall–Kier alpha value is -0.300. The van der Waals surface area contributed by atoms with Gasteiger partial charge in [0.15, 0.2) is 0 Å². The van der Waals surface area contributed by atoms with Crippen LogP contribution in [0.4, 0.5) is 0 Å². The number of hydrogen-bond donors (Lipinski definition) is 1. The van der Waals surface area contributed by atoms with Crippen molar-refractivity contribution < 1.29 is 0 Å². The zero-order chi connectivity index (χ0) is 6.53. The largest absolute Gasteiger partial charge is 0.313 e. The van der Waals surface area contributed by atoms with Gasteiger partial charge in [0.1, 0.15) is 0 Å². The van der Waals surface area contributed by atoms with Gasteiger partial charge in [0.2, 0.25) is 0 Å². The highest BCUT2D eigenvalue weighted by atomic mass is 14.9. The second-order valence-corrected chi connectivity index (χ2v) is 2.58. The van der Waals surface area contributed by atoms with E-state index < -0.39 is 0 Å². The summed E-state index contributed by atoms with van der Waals surface area (Å²) in [5, 5.41) is 3.31. The zero-order valence-corrected chi connectivity index (χ0v) is 6.11. The lowest BCUT2D eigenvalue weighted by Crippen LogP contribution is -2.04. The molecule has 0 aliphatic carbocycles. The predicted octanol–water partition coefficient (Wildman–Crippen LogP) is 1.71. The summed E-state index contributed by atoms with van der Waals surface area (Å²) in [5.74, 6) is 0. The molecule has 1 heterocycles. The van der Waals surface area contributed by atoms with E-state index in [0.717, 1.165) is 6.54 Å². The fraction of sp³-hybridized carbons (Fsp3) is 0.750. The van der Waals surface area contributed by atoms with Crippen molar-refractivity contribution in [3.8, 4) is 0 Å². The van der Waals surface area contributed by atoms with Gasteiger partial charge in [0.05, 0.1) is 0 Å². The Kier molecular flexibility index (Phi) is 2.78.